The first-order valence-electron chi connectivity index (χ1n) is 4.30. The summed E-state index contributed by atoms with van der Waals surface area (Å²) in [5.41, 5.74) is -0.107. The van der Waals surface area contributed by atoms with Crippen molar-refractivity contribution in [3.63, 3.8) is 0 Å². The molecule has 84 valence electrons. The number of carbonyl (C=O) groups is 2. The van der Waals surface area contributed by atoms with Gasteiger partial charge in [-0.15, -0.1) is 0 Å². The highest BCUT2D eigenvalue weighted by molar-refractivity contribution is 6.38. The smallest absolute Gasteiger partial charge is 0.376 e. The molecule has 1 aromatic heterocycles. The maximum absolute atomic E-state index is 11.2. The Morgan fingerprint density at radius 1 is 1.44 bits per heavy atom. The van der Waals surface area contributed by atoms with Gasteiger partial charge < -0.3 is 15.2 Å². The molecular formula is C10H9NO5. The molecule has 3 N–H and O–H groups in total. The lowest BCUT2D eigenvalue weighted by Gasteiger charge is -1.99. The van der Waals surface area contributed by atoms with Gasteiger partial charge in [-0.2, -0.15) is 0 Å². The Morgan fingerprint density at radius 2 is 2.06 bits per heavy atom. The Labute approximate surface area is 89.9 Å². The zero-order chi connectivity index (χ0) is 12.3. The van der Waals surface area contributed by atoms with E-state index >= 15 is 0 Å². The summed E-state index contributed by atoms with van der Waals surface area (Å²) in [6.45, 7) is 1.51. The Kier molecular flexibility index (Phi) is 3.24. The number of H-pyrrole nitrogens is 1. The molecule has 16 heavy (non-hydrogen) atoms. The lowest BCUT2D eigenvalue weighted by Crippen LogP contribution is -2.11. The maximum atomic E-state index is 11.2. The molecular weight excluding hydrogens is 214 g/mol. The average Bonchev–Trinajstić information content (AvgIpc) is 2.20. The van der Waals surface area contributed by atoms with Crippen LogP contribution in [0.25, 0.3) is 6.08 Å². The summed E-state index contributed by atoms with van der Waals surface area (Å²) in [7, 11) is 0. The van der Waals surface area contributed by atoms with E-state index in [1.807, 2.05) is 0 Å². The fourth-order valence-electron chi connectivity index (χ4n) is 0.991. The van der Waals surface area contributed by atoms with Crippen LogP contribution in [-0.4, -0.2) is 26.9 Å². The molecule has 1 heterocycles. The van der Waals surface area contributed by atoms with E-state index in [1.54, 1.807) is 0 Å². The number of hydrogen-bond donors (Lipinski definition) is 3. The number of carboxylic acid groups (broad SMARTS) is 1. The van der Waals surface area contributed by atoms with E-state index in [4.69, 9.17) is 5.11 Å². The Morgan fingerprint density at radius 3 is 2.62 bits per heavy atom. The normalized spacial score (nSPS) is 10.6. The highest BCUT2D eigenvalue weighted by atomic mass is 16.4. The monoisotopic (exact) mass is 223 g/mol. The van der Waals surface area contributed by atoms with Gasteiger partial charge in [-0.1, -0.05) is 0 Å². The molecule has 0 atom stereocenters. The molecule has 0 radical (unpaired) electrons. The SMILES string of the molecule is Cc1cc(O)c(/C=C/C(=O)C(=O)O)[nH]c1=O. The van der Waals surface area contributed by atoms with Gasteiger partial charge >= 0.3 is 5.97 Å². The van der Waals surface area contributed by atoms with Crippen LogP contribution in [0.3, 0.4) is 0 Å². The molecule has 0 amide bonds. The highest BCUT2D eigenvalue weighted by Crippen LogP contribution is 2.14. The fraction of sp³-hybridized carbons (Fsp3) is 0.100. The largest absolute Gasteiger partial charge is 0.506 e. The molecule has 0 spiro atoms. The van der Waals surface area contributed by atoms with Gasteiger partial charge in [0.05, 0.1) is 5.69 Å². The van der Waals surface area contributed by atoms with Crippen molar-refractivity contribution in [3.8, 4) is 5.75 Å². The number of aliphatic carboxylic acids is 1. The summed E-state index contributed by atoms with van der Waals surface area (Å²) >= 11 is 0. The predicted octanol–water partition coefficient (Wildman–Crippen LogP) is 0.0558. The molecule has 0 bridgehead atoms. The second-order valence-corrected chi connectivity index (χ2v) is 3.08. The quantitative estimate of drug-likeness (QED) is 0.496. The zero-order valence-corrected chi connectivity index (χ0v) is 8.35. The van der Waals surface area contributed by atoms with E-state index in [-0.39, 0.29) is 11.4 Å². The predicted molar refractivity (Wildman–Crippen MR) is 55.1 cm³/mol. The molecule has 0 aromatic carbocycles. The molecule has 0 saturated heterocycles. The number of rotatable bonds is 3. The van der Waals surface area contributed by atoms with Crippen LogP contribution < -0.4 is 5.56 Å². The van der Waals surface area contributed by atoms with Crippen LogP contribution in [0, 0.1) is 6.92 Å². The minimum Gasteiger partial charge on any atom is -0.506 e. The van der Waals surface area contributed by atoms with Crippen molar-refractivity contribution in [1.82, 2.24) is 4.98 Å². The highest BCUT2D eigenvalue weighted by Gasteiger charge is 2.07. The zero-order valence-electron chi connectivity index (χ0n) is 8.35. The third-order valence-electron chi connectivity index (χ3n) is 1.85. The van der Waals surface area contributed by atoms with E-state index in [9.17, 15) is 19.5 Å². The standard InChI is InChI=1S/C10H9NO5/c1-5-4-8(13)6(11-9(5)14)2-3-7(12)10(15)16/h2-4,13H,1H3,(H,11,14)(H,15,16)/b3-2+. The number of carboxylic acids is 1. The molecule has 1 aromatic rings. The number of nitrogens with one attached hydrogen (secondary N) is 1. The van der Waals surface area contributed by atoms with Crippen LogP contribution in [-0.2, 0) is 9.59 Å². The van der Waals surface area contributed by atoms with Crippen molar-refractivity contribution in [2.75, 3.05) is 0 Å². The number of pyridine rings is 1. The molecule has 6 nitrogen and oxygen atoms in total. The average molecular weight is 223 g/mol. The molecule has 1 rings (SSSR count). The van der Waals surface area contributed by atoms with E-state index < -0.39 is 17.3 Å². The Hall–Kier alpha value is -2.37. The number of aromatic hydroxyl groups is 1. The molecule has 6 heteroatoms. The van der Waals surface area contributed by atoms with Gasteiger partial charge in [-0.25, -0.2) is 4.79 Å². The second kappa shape index (κ2) is 4.43. The minimum atomic E-state index is -1.61. The third kappa shape index (κ3) is 2.57. The summed E-state index contributed by atoms with van der Waals surface area (Å²) in [5, 5.41) is 17.7. The maximum Gasteiger partial charge on any atom is 0.376 e. The number of carbonyl (C=O) groups excluding carboxylic acids is 1. The van der Waals surface area contributed by atoms with Crippen LogP contribution in [0.1, 0.15) is 11.3 Å². The summed E-state index contributed by atoms with van der Waals surface area (Å²) < 4.78 is 0. The van der Waals surface area contributed by atoms with E-state index in [0.717, 1.165) is 12.2 Å². The lowest BCUT2D eigenvalue weighted by atomic mass is 10.2. The Balaban J connectivity index is 3.07. The summed E-state index contributed by atoms with van der Waals surface area (Å²) in [4.78, 5) is 34.4. The van der Waals surface area contributed by atoms with Crippen LogP contribution in [0.4, 0.5) is 0 Å². The number of aromatic amines is 1. The molecule has 0 aliphatic rings. The molecule has 0 unspecified atom stereocenters. The van der Waals surface area contributed by atoms with Crippen LogP contribution >= 0.6 is 0 Å². The van der Waals surface area contributed by atoms with Crippen molar-refractivity contribution in [2.45, 2.75) is 6.92 Å². The second-order valence-electron chi connectivity index (χ2n) is 3.08. The summed E-state index contributed by atoms with van der Waals surface area (Å²) in [6.07, 6.45) is 1.79. The van der Waals surface area contributed by atoms with Crippen LogP contribution in [0.15, 0.2) is 16.9 Å². The number of hydrogen-bond acceptors (Lipinski definition) is 4. The first-order valence-corrected chi connectivity index (χ1v) is 4.30. The van der Waals surface area contributed by atoms with Gasteiger partial charge in [0.2, 0.25) is 0 Å². The van der Waals surface area contributed by atoms with E-state index in [2.05, 4.69) is 4.98 Å². The number of ketones is 1. The molecule has 0 aliphatic carbocycles. The summed E-state index contributed by atoms with van der Waals surface area (Å²) in [5.74, 6) is -2.97. The van der Waals surface area contributed by atoms with Gasteiger partial charge in [-0.3, -0.25) is 9.59 Å². The number of aromatic nitrogens is 1. The van der Waals surface area contributed by atoms with E-state index in [1.165, 1.54) is 13.0 Å². The van der Waals surface area contributed by atoms with Gasteiger partial charge in [0.25, 0.3) is 11.3 Å². The van der Waals surface area contributed by atoms with Crippen molar-refractivity contribution >= 4 is 17.8 Å². The first kappa shape index (κ1) is 11.7. The van der Waals surface area contributed by atoms with Crippen molar-refractivity contribution < 1.29 is 19.8 Å². The Bertz CT molecular complexity index is 527. The number of aryl methyl sites for hydroxylation is 1. The molecule has 0 aliphatic heterocycles. The molecule has 0 fully saturated rings. The van der Waals surface area contributed by atoms with Crippen molar-refractivity contribution in [3.05, 3.63) is 33.8 Å². The lowest BCUT2D eigenvalue weighted by molar-refractivity contribution is -0.146. The van der Waals surface area contributed by atoms with Gasteiger partial charge in [-0.05, 0) is 25.1 Å². The molecule has 0 saturated carbocycles. The van der Waals surface area contributed by atoms with Gasteiger partial charge in [0, 0.05) is 5.56 Å². The summed E-state index contributed by atoms with van der Waals surface area (Å²) in [6, 6.07) is 1.23. The minimum absolute atomic E-state index is 0.00907. The van der Waals surface area contributed by atoms with Crippen molar-refractivity contribution in [2.24, 2.45) is 0 Å². The third-order valence-corrected chi connectivity index (χ3v) is 1.85. The van der Waals surface area contributed by atoms with Crippen LogP contribution in [0.2, 0.25) is 0 Å². The van der Waals surface area contributed by atoms with Crippen LogP contribution in [0.5, 0.6) is 5.75 Å². The van der Waals surface area contributed by atoms with Crippen molar-refractivity contribution in [1.29, 1.82) is 0 Å². The van der Waals surface area contributed by atoms with Gasteiger partial charge in [0.1, 0.15) is 5.75 Å². The first-order chi connectivity index (χ1) is 7.41. The fourth-order valence-corrected chi connectivity index (χ4v) is 0.991. The topological polar surface area (TPSA) is 107 Å². The van der Waals surface area contributed by atoms with Gasteiger partial charge in [0.15, 0.2) is 0 Å². The van der Waals surface area contributed by atoms with E-state index in [0.29, 0.717) is 5.56 Å².